The topological polar surface area (TPSA) is 328 Å². The van der Waals surface area contributed by atoms with Gasteiger partial charge in [0.25, 0.3) is 20.2 Å². The zero-order valence-electron chi connectivity index (χ0n) is 23.3. The minimum Gasteiger partial charge on any atom is -0.505 e. The molecule has 0 atom stereocenters. The number of rotatable bonds is 12. The fraction of sp³-hybridized carbons (Fsp3) is 0. The van der Waals surface area contributed by atoms with Crippen LogP contribution in [-0.4, -0.2) is 61.6 Å². The van der Waals surface area contributed by atoms with Crippen LogP contribution in [0.3, 0.4) is 0 Å². The van der Waals surface area contributed by atoms with E-state index in [0.29, 0.717) is 12.0 Å². The van der Waals surface area contributed by atoms with Crippen LogP contribution in [0.1, 0.15) is 0 Å². The van der Waals surface area contributed by atoms with Crippen molar-refractivity contribution >= 4 is 106 Å². The van der Waals surface area contributed by atoms with E-state index in [0.717, 1.165) is 30.3 Å². The Morgan fingerprint density at radius 2 is 1.53 bits per heavy atom. The van der Waals surface area contributed by atoms with Gasteiger partial charge in [-0.1, -0.05) is 22.2 Å². The van der Waals surface area contributed by atoms with Gasteiger partial charge in [0.15, 0.2) is 11.5 Å². The average Bonchev–Trinajstić information content (AvgIpc) is 3.01. The Balaban J connectivity index is 1.78. The molecule has 258 valence electrons. The number of anilines is 3. The molecule has 5 rings (SSSR count). The number of azo groups is 1. The number of hydrogen-bond donors (Lipinski definition) is 8. The van der Waals surface area contributed by atoms with E-state index in [1.54, 1.807) is 0 Å². The normalized spacial score (nSPS) is 12.3. The van der Waals surface area contributed by atoms with Gasteiger partial charge < -0.3 is 21.3 Å². The number of aromatic nitrogens is 3. The molecule has 4 aromatic carbocycles. The van der Waals surface area contributed by atoms with Crippen LogP contribution < -0.4 is 11.1 Å². The molecular weight excluding hydrogens is 762 g/mol. The molecule has 0 aliphatic heterocycles. The van der Waals surface area contributed by atoms with Crippen LogP contribution in [0.5, 0.6) is 11.5 Å². The highest BCUT2D eigenvalue weighted by molar-refractivity contribution is 7.95. The standard InChI is InChI=1S/C23H16ClN7O14S4/c24-21-27-22(25)29-23(28-21)26-11-6-9(48(36,37)38)4-8-5-14(47-45-43-35)18(20(33)16(8)11)31-30-12-7-13(46-44-42-34)10-2-1-3-15(49(39,40)41)17(10)19(12)32/h1-7,32-35H,(H,36,37,38)(H,39,40,41)(H3,25,26,27,28,29). The summed E-state index contributed by atoms with van der Waals surface area (Å²) in [5.74, 6) is -2.25. The molecule has 0 bridgehead atoms. The number of benzene rings is 4. The van der Waals surface area contributed by atoms with Gasteiger partial charge in [-0.3, -0.25) is 9.11 Å². The smallest absolute Gasteiger partial charge is 0.295 e. The first-order valence-electron chi connectivity index (χ1n) is 12.3. The van der Waals surface area contributed by atoms with E-state index in [2.05, 4.69) is 49.2 Å². The fourth-order valence-corrected chi connectivity index (χ4v) is 6.80. The predicted molar refractivity (Wildman–Crippen MR) is 169 cm³/mol. The lowest BCUT2D eigenvalue weighted by atomic mass is 10.1. The molecule has 9 N–H and O–H groups in total. The lowest BCUT2D eigenvalue weighted by Gasteiger charge is -2.15. The van der Waals surface area contributed by atoms with Crippen molar-refractivity contribution in [2.45, 2.75) is 19.6 Å². The van der Waals surface area contributed by atoms with Crippen LogP contribution >= 0.6 is 35.7 Å². The molecule has 0 saturated heterocycles. The Kier molecular flexibility index (Phi) is 10.5. The zero-order valence-corrected chi connectivity index (χ0v) is 27.3. The highest BCUT2D eigenvalue weighted by atomic mass is 35.5. The maximum absolute atomic E-state index is 12.1. The largest absolute Gasteiger partial charge is 0.505 e. The number of halogens is 1. The van der Waals surface area contributed by atoms with Gasteiger partial charge in [0.05, 0.1) is 39.6 Å². The SMILES string of the molecule is Nc1nc(Cl)nc(Nc2cc(S(=O)(=O)O)cc3cc(SOOO)c(N=Nc4cc(SOOO)c5cccc(S(=O)(=O)O)c5c4O)c(O)c23)n1. The van der Waals surface area contributed by atoms with Crippen molar-refractivity contribution in [2.24, 2.45) is 10.2 Å². The minimum absolute atomic E-state index is 0.00339. The number of fused-ring (bicyclic) bond motifs is 2. The van der Waals surface area contributed by atoms with Gasteiger partial charge in [0.1, 0.15) is 16.3 Å². The van der Waals surface area contributed by atoms with Gasteiger partial charge in [0, 0.05) is 21.1 Å². The van der Waals surface area contributed by atoms with Crippen LogP contribution in [0.15, 0.2) is 72.3 Å². The number of nitrogens with zero attached hydrogens (tertiary/aromatic N) is 5. The zero-order chi connectivity index (χ0) is 35.7. The van der Waals surface area contributed by atoms with Crippen molar-refractivity contribution in [1.82, 2.24) is 15.0 Å². The molecular formula is C23H16ClN7O14S4. The first-order chi connectivity index (χ1) is 23.1. The van der Waals surface area contributed by atoms with E-state index in [1.165, 1.54) is 12.1 Å². The third kappa shape index (κ3) is 7.83. The molecule has 0 fully saturated rings. The van der Waals surface area contributed by atoms with Crippen molar-refractivity contribution in [2.75, 3.05) is 11.1 Å². The molecule has 0 radical (unpaired) electrons. The van der Waals surface area contributed by atoms with E-state index in [4.69, 9.17) is 27.8 Å². The summed E-state index contributed by atoms with van der Waals surface area (Å²) < 4.78 is 77.0. The molecule has 49 heavy (non-hydrogen) atoms. The number of nitrogens with one attached hydrogen (secondary N) is 1. The molecule has 21 nitrogen and oxygen atoms in total. The van der Waals surface area contributed by atoms with Gasteiger partial charge in [0.2, 0.25) is 17.2 Å². The first-order valence-corrected chi connectivity index (χ1v) is 17.1. The summed E-state index contributed by atoms with van der Waals surface area (Å²) in [6.45, 7) is 0. The minimum atomic E-state index is -4.93. The Hall–Kier alpha value is -4.22. The molecule has 0 amide bonds. The highest BCUT2D eigenvalue weighted by Gasteiger charge is 2.24. The van der Waals surface area contributed by atoms with E-state index in [-0.39, 0.29) is 60.9 Å². The van der Waals surface area contributed by atoms with Crippen LogP contribution in [-0.2, 0) is 39.0 Å². The van der Waals surface area contributed by atoms with E-state index >= 15 is 0 Å². The molecule has 1 heterocycles. The molecule has 1 aromatic heterocycles. The number of aromatic hydroxyl groups is 2. The number of phenolic OH excluding ortho intramolecular Hbond substituents is 2. The van der Waals surface area contributed by atoms with Crippen LogP contribution in [0.2, 0.25) is 5.28 Å². The van der Waals surface area contributed by atoms with Crippen LogP contribution in [0.4, 0.5) is 29.0 Å². The maximum Gasteiger partial charge on any atom is 0.295 e. The second-order valence-corrected chi connectivity index (χ2v) is 13.7. The summed E-state index contributed by atoms with van der Waals surface area (Å²) in [5.41, 5.74) is 4.37. The van der Waals surface area contributed by atoms with Gasteiger partial charge in [-0.15, -0.1) is 18.9 Å². The molecule has 26 heteroatoms. The first kappa shape index (κ1) is 36.1. The number of nitrogens with two attached hydrogens (primary N) is 1. The lowest BCUT2D eigenvalue weighted by Crippen LogP contribution is -2.05. The maximum atomic E-state index is 12.1. The highest BCUT2D eigenvalue weighted by Crippen LogP contribution is 2.49. The number of nitrogen functional groups attached to an aromatic ring is 1. The molecule has 0 saturated carbocycles. The summed E-state index contributed by atoms with van der Waals surface area (Å²) in [4.78, 5) is 9.61. The van der Waals surface area contributed by atoms with E-state index in [9.17, 15) is 36.2 Å². The Labute approximate surface area is 285 Å². The van der Waals surface area contributed by atoms with Crippen LogP contribution in [0.25, 0.3) is 21.5 Å². The molecule has 0 spiro atoms. The fourth-order valence-electron chi connectivity index (χ4n) is 4.36. The van der Waals surface area contributed by atoms with E-state index < -0.39 is 58.3 Å². The van der Waals surface area contributed by atoms with Crippen molar-refractivity contribution in [3.05, 3.63) is 47.7 Å². The van der Waals surface area contributed by atoms with E-state index in [1.807, 2.05) is 0 Å². The molecule has 0 aliphatic rings. The second-order valence-electron chi connectivity index (χ2n) is 9.08. The van der Waals surface area contributed by atoms with Gasteiger partial charge in [-0.25, -0.2) is 10.5 Å². The van der Waals surface area contributed by atoms with Crippen molar-refractivity contribution in [3.8, 4) is 11.5 Å². The second kappa shape index (κ2) is 14.3. The van der Waals surface area contributed by atoms with Gasteiger partial charge in [-0.2, -0.15) is 31.8 Å². The summed E-state index contributed by atoms with van der Waals surface area (Å²) in [5, 5.41) is 56.7. The predicted octanol–water partition coefficient (Wildman–Crippen LogP) is 5.33. The number of hydrogen-bond acceptors (Lipinski definition) is 21. The molecule has 0 unspecified atom stereocenters. The van der Waals surface area contributed by atoms with Crippen molar-refractivity contribution in [1.29, 1.82) is 0 Å². The summed E-state index contributed by atoms with van der Waals surface area (Å²) in [6, 6.07) is 7.68. The van der Waals surface area contributed by atoms with Crippen LogP contribution in [0, 0.1) is 0 Å². The third-order valence-electron chi connectivity index (χ3n) is 6.18. The summed E-state index contributed by atoms with van der Waals surface area (Å²) in [7, 11) is -9.80. The monoisotopic (exact) mass is 777 g/mol. The Morgan fingerprint density at radius 3 is 2.16 bits per heavy atom. The third-order valence-corrected chi connectivity index (χ3v) is 9.34. The number of phenols is 2. The molecule has 0 aliphatic carbocycles. The average molecular weight is 778 g/mol. The lowest BCUT2D eigenvalue weighted by molar-refractivity contribution is -0.432. The Bertz CT molecular complexity index is 2350. The van der Waals surface area contributed by atoms with Crippen molar-refractivity contribution in [3.63, 3.8) is 0 Å². The summed E-state index contributed by atoms with van der Waals surface area (Å²) >= 11 is 6.43. The van der Waals surface area contributed by atoms with Gasteiger partial charge >= 0.3 is 0 Å². The quantitative estimate of drug-likeness (QED) is 0.0261. The Morgan fingerprint density at radius 1 is 0.837 bits per heavy atom. The summed E-state index contributed by atoms with van der Waals surface area (Å²) in [6.07, 6.45) is 0. The van der Waals surface area contributed by atoms with Crippen molar-refractivity contribution < 1.29 is 65.4 Å². The molecule has 5 aromatic rings. The van der Waals surface area contributed by atoms with Gasteiger partial charge in [-0.05, 0) is 47.3 Å².